The van der Waals surface area contributed by atoms with Gasteiger partial charge in [0.1, 0.15) is 28.8 Å². The number of para-hydroxylation sites is 1. The lowest BCUT2D eigenvalue weighted by molar-refractivity contribution is 0.102. The van der Waals surface area contributed by atoms with Crippen LogP contribution in [-0.4, -0.2) is 18.0 Å². The van der Waals surface area contributed by atoms with Gasteiger partial charge in [-0.1, -0.05) is 35.9 Å². The second-order valence-electron chi connectivity index (χ2n) is 6.64. The lowest BCUT2D eigenvalue weighted by Crippen LogP contribution is -2.12. The fourth-order valence-electron chi connectivity index (χ4n) is 2.88. The van der Waals surface area contributed by atoms with Gasteiger partial charge in [-0.25, -0.2) is 4.98 Å². The van der Waals surface area contributed by atoms with Crippen LogP contribution in [0.4, 0.5) is 5.69 Å². The van der Waals surface area contributed by atoms with Crippen molar-refractivity contribution >= 4 is 34.5 Å². The van der Waals surface area contributed by atoms with Gasteiger partial charge in [0, 0.05) is 10.9 Å². The summed E-state index contributed by atoms with van der Waals surface area (Å²) in [6, 6.07) is 22.5. The van der Waals surface area contributed by atoms with Crippen LogP contribution >= 0.6 is 22.9 Å². The van der Waals surface area contributed by atoms with Crippen LogP contribution in [0.2, 0.25) is 5.02 Å². The third-order valence-corrected chi connectivity index (χ3v) is 5.72. The highest BCUT2D eigenvalue weighted by Crippen LogP contribution is 2.27. The normalized spacial score (nSPS) is 10.5. The Balaban J connectivity index is 1.39. The Morgan fingerprint density at radius 2 is 1.84 bits per heavy atom. The molecule has 0 aliphatic rings. The summed E-state index contributed by atoms with van der Waals surface area (Å²) >= 11 is 7.51. The maximum Gasteiger partial charge on any atom is 0.275 e. The monoisotopic (exact) mass is 450 g/mol. The van der Waals surface area contributed by atoms with Gasteiger partial charge in [0.25, 0.3) is 5.91 Å². The van der Waals surface area contributed by atoms with E-state index in [9.17, 15) is 4.79 Å². The number of halogens is 1. The van der Waals surface area contributed by atoms with Crippen molar-refractivity contribution in [2.45, 2.75) is 6.61 Å². The number of hydrogen-bond donors (Lipinski definition) is 1. The SMILES string of the molecule is COc1cccc(COc2ccc(-c3nc(C(=O)Nc4ccccc4Cl)cs3)cc2)c1. The molecule has 4 rings (SSSR count). The molecule has 4 aromatic rings. The van der Waals surface area contributed by atoms with Gasteiger partial charge in [-0.3, -0.25) is 4.79 Å². The summed E-state index contributed by atoms with van der Waals surface area (Å²) in [5.41, 5.74) is 2.84. The average molecular weight is 451 g/mol. The number of nitrogens with one attached hydrogen (secondary N) is 1. The largest absolute Gasteiger partial charge is 0.497 e. The van der Waals surface area contributed by atoms with E-state index in [4.69, 9.17) is 21.1 Å². The molecule has 0 saturated heterocycles. The molecule has 0 bridgehead atoms. The summed E-state index contributed by atoms with van der Waals surface area (Å²) in [6.45, 7) is 0.445. The third-order valence-electron chi connectivity index (χ3n) is 4.50. The lowest BCUT2D eigenvalue weighted by atomic mass is 10.2. The molecule has 1 amide bonds. The van der Waals surface area contributed by atoms with Crippen molar-refractivity contribution in [3.8, 4) is 22.1 Å². The Kier molecular flexibility index (Phi) is 6.50. The van der Waals surface area contributed by atoms with Gasteiger partial charge in [0.15, 0.2) is 0 Å². The maximum absolute atomic E-state index is 12.5. The number of hydrogen-bond acceptors (Lipinski definition) is 5. The van der Waals surface area contributed by atoms with Crippen LogP contribution in [0.5, 0.6) is 11.5 Å². The Hall–Kier alpha value is -3.35. The van der Waals surface area contributed by atoms with Gasteiger partial charge in [-0.05, 0) is 54.1 Å². The number of ether oxygens (including phenoxy) is 2. The third kappa shape index (κ3) is 5.23. The summed E-state index contributed by atoms with van der Waals surface area (Å²) in [5.74, 6) is 1.25. The van der Waals surface area contributed by atoms with Gasteiger partial charge in [-0.15, -0.1) is 11.3 Å². The smallest absolute Gasteiger partial charge is 0.275 e. The molecule has 0 atom stereocenters. The van der Waals surface area contributed by atoms with E-state index in [2.05, 4.69) is 10.3 Å². The van der Waals surface area contributed by atoms with Crippen molar-refractivity contribution in [1.82, 2.24) is 4.98 Å². The molecule has 31 heavy (non-hydrogen) atoms. The van der Waals surface area contributed by atoms with E-state index >= 15 is 0 Å². The van der Waals surface area contributed by atoms with Crippen LogP contribution in [0.15, 0.2) is 78.2 Å². The molecule has 0 fully saturated rings. The van der Waals surface area contributed by atoms with E-state index in [1.807, 2.05) is 60.7 Å². The molecular formula is C24H19ClN2O3S. The molecule has 0 spiro atoms. The summed E-state index contributed by atoms with van der Waals surface area (Å²) in [4.78, 5) is 16.9. The second-order valence-corrected chi connectivity index (χ2v) is 7.90. The summed E-state index contributed by atoms with van der Waals surface area (Å²) in [7, 11) is 1.64. The van der Waals surface area contributed by atoms with Gasteiger partial charge >= 0.3 is 0 Å². The summed E-state index contributed by atoms with van der Waals surface area (Å²) in [6.07, 6.45) is 0. The lowest BCUT2D eigenvalue weighted by Gasteiger charge is -2.08. The van der Waals surface area contributed by atoms with Crippen LogP contribution in [-0.2, 0) is 6.61 Å². The summed E-state index contributed by atoms with van der Waals surface area (Å²) < 4.78 is 11.1. The predicted molar refractivity (Wildman–Crippen MR) is 124 cm³/mol. The standard InChI is InChI=1S/C24H19ClN2O3S/c1-29-19-6-4-5-16(13-19)14-30-18-11-9-17(10-12-18)24-27-22(15-31-24)23(28)26-21-8-3-2-7-20(21)25/h2-13,15H,14H2,1H3,(H,26,28). The molecule has 1 aromatic heterocycles. The molecule has 7 heteroatoms. The molecule has 1 N–H and O–H groups in total. The van der Waals surface area contributed by atoms with Gasteiger partial charge in [0.2, 0.25) is 0 Å². The van der Waals surface area contributed by atoms with E-state index in [0.29, 0.717) is 23.0 Å². The Labute approximate surface area is 189 Å². The highest BCUT2D eigenvalue weighted by Gasteiger charge is 2.13. The van der Waals surface area contributed by atoms with Crippen molar-refractivity contribution in [2.75, 3.05) is 12.4 Å². The number of carbonyl (C=O) groups excluding carboxylic acids is 1. The molecule has 5 nitrogen and oxygen atoms in total. The number of rotatable bonds is 7. The zero-order chi connectivity index (χ0) is 21.6. The number of benzene rings is 3. The molecule has 156 valence electrons. The highest BCUT2D eigenvalue weighted by atomic mass is 35.5. The number of methoxy groups -OCH3 is 1. The Morgan fingerprint density at radius 1 is 1.03 bits per heavy atom. The molecule has 3 aromatic carbocycles. The number of anilines is 1. The molecule has 0 aliphatic heterocycles. The van der Waals surface area contributed by atoms with E-state index in [-0.39, 0.29) is 5.91 Å². The quantitative estimate of drug-likeness (QED) is 0.358. The van der Waals surface area contributed by atoms with Crippen LogP contribution in [0.1, 0.15) is 16.1 Å². The van der Waals surface area contributed by atoms with Crippen molar-refractivity contribution in [3.63, 3.8) is 0 Å². The molecule has 0 radical (unpaired) electrons. The maximum atomic E-state index is 12.5. The zero-order valence-corrected chi connectivity index (χ0v) is 18.2. The second kappa shape index (κ2) is 9.64. The first-order valence-electron chi connectivity index (χ1n) is 9.50. The topological polar surface area (TPSA) is 60.5 Å². The first-order chi connectivity index (χ1) is 15.1. The number of nitrogens with zero attached hydrogens (tertiary/aromatic N) is 1. The van der Waals surface area contributed by atoms with Crippen LogP contribution in [0.3, 0.4) is 0 Å². The first kappa shape index (κ1) is 20.9. The van der Waals surface area contributed by atoms with Gasteiger partial charge < -0.3 is 14.8 Å². The number of aromatic nitrogens is 1. The van der Waals surface area contributed by atoms with Crippen LogP contribution in [0, 0.1) is 0 Å². The highest BCUT2D eigenvalue weighted by molar-refractivity contribution is 7.13. The van der Waals surface area contributed by atoms with Crippen molar-refractivity contribution < 1.29 is 14.3 Å². The van der Waals surface area contributed by atoms with E-state index < -0.39 is 0 Å². The minimum absolute atomic E-state index is 0.297. The molecule has 0 saturated carbocycles. The Bertz CT molecular complexity index is 1190. The van der Waals surface area contributed by atoms with Crippen molar-refractivity contribution in [2.24, 2.45) is 0 Å². The molecule has 0 unspecified atom stereocenters. The van der Waals surface area contributed by atoms with E-state index in [0.717, 1.165) is 27.6 Å². The fourth-order valence-corrected chi connectivity index (χ4v) is 3.87. The van der Waals surface area contributed by atoms with Gasteiger partial charge in [0.05, 0.1) is 17.8 Å². The molecular weight excluding hydrogens is 432 g/mol. The average Bonchev–Trinajstić information content (AvgIpc) is 3.30. The minimum Gasteiger partial charge on any atom is -0.497 e. The minimum atomic E-state index is -0.297. The predicted octanol–water partition coefficient (Wildman–Crippen LogP) is 6.30. The number of thiazole rings is 1. The van der Waals surface area contributed by atoms with Crippen molar-refractivity contribution in [1.29, 1.82) is 0 Å². The fraction of sp³-hybridized carbons (Fsp3) is 0.0833. The van der Waals surface area contributed by atoms with Gasteiger partial charge in [-0.2, -0.15) is 0 Å². The molecule has 0 aliphatic carbocycles. The van der Waals surface area contributed by atoms with E-state index in [1.165, 1.54) is 11.3 Å². The first-order valence-corrected chi connectivity index (χ1v) is 10.8. The number of carbonyl (C=O) groups is 1. The molecule has 1 heterocycles. The zero-order valence-electron chi connectivity index (χ0n) is 16.7. The van der Waals surface area contributed by atoms with E-state index in [1.54, 1.807) is 24.6 Å². The number of amides is 1. The van der Waals surface area contributed by atoms with Crippen LogP contribution in [0.25, 0.3) is 10.6 Å². The Morgan fingerprint density at radius 3 is 2.61 bits per heavy atom. The van der Waals surface area contributed by atoms with Crippen LogP contribution < -0.4 is 14.8 Å². The summed E-state index contributed by atoms with van der Waals surface area (Å²) in [5, 5.41) is 5.75. The van der Waals surface area contributed by atoms with Crippen molar-refractivity contribution in [3.05, 3.63) is 94.5 Å².